The number of anilines is 1. The normalized spacial score (nSPS) is 19.7. The van der Waals surface area contributed by atoms with Crippen molar-refractivity contribution < 1.29 is 23.9 Å². The van der Waals surface area contributed by atoms with Crippen molar-refractivity contribution in [1.29, 1.82) is 0 Å². The van der Waals surface area contributed by atoms with Crippen molar-refractivity contribution in [1.82, 2.24) is 24.3 Å². The number of H-pyrrole nitrogens is 1. The average Bonchev–Trinajstić information content (AvgIpc) is 3.44. The van der Waals surface area contributed by atoms with E-state index in [9.17, 15) is 19.2 Å². The Hall–Kier alpha value is -4.35. The molecule has 2 aliphatic heterocycles. The van der Waals surface area contributed by atoms with E-state index in [-0.39, 0.29) is 23.2 Å². The van der Waals surface area contributed by atoms with Gasteiger partial charge in [-0.2, -0.15) is 0 Å². The molecule has 246 valence electrons. The second-order valence-corrected chi connectivity index (χ2v) is 15.0. The molecule has 3 aliphatic rings. The number of aromatic amines is 1. The standard InChI is InChI=1S/C34H44N6O6/c1-19-25-23(27(41)39(19)31(44)46-33(5,6)7)18-24(36-25)21-10-9-11-22-26(21)37-29(40(28(22)42)34(8)14-15-34)35-20-12-16-38(17-13-20)30(43)45-32(2,3)4/h9-11,18-20,36H,12-17H2,1-8H3,(H,35,37)/t19-/m1/s1. The maximum Gasteiger partial charge on any atom is 0.417 e. The lowest BCUT2D eigenvalue weighted by molar-refractivity contribution is 0.0191. The fourth-order valence-corrected chi connectivity index (χ4v) is 6.25. The number of imide groups is 1. The number of piperidine rings is 1. The molecule has 12 heteroatoms. The quantitative estimate of drug-likeness (QED) is 0.349. The summed E-state index contributed by atoms with van der Waals surface area (Å²) in [6.07, 6.45) is 2.12. The summed E-state index contributed by atoms with van der Waals surface area (Å²) in [7, 11) is 0. The van der Waals surface area contributed by atoms with Crippen LogP contribution in [-0.4, -0.2) is 72.8 Å². The Bertz CT molecular complexity index is 1780. The highest BCUT2D eigenvalue weighted by atomic mass is 16.6. The molecule has 1 saturated carbocycles. The second kappa shape index (κ2) is 10.9. The van der Waals surface area contributed by atoms with Gasteiger partial charge >= 0.3 is 12.2 Å². The van der Waals surface area contributed by atoms with Crippen LogP contribution in [0.5, 0.6) is 0 Å². The number of carbonyl (C=O) groups is 3. The first-order valence-electron chi connectivity index (χ1n) is 16.1. The Balaban J connectivity index is 1.31. The smallest absolute Gasteiger partial charge is 0.417 e. The van der Waals surface area contributed by atoms with Gasteiger partial charge in [0.25, 0.3) is 11.5 Å². The molecular weight excluding hydrogens is 588 g/mol. The molecule has 0 bridgehead atoms. The molecule has 1 atom stereocenters. The van der Waals surface area contributed by atoms with Crippen molar-refractivity contribution in [2.24, 2.45) is 0 Å². The van der Waals surface area contributed by atoms with Crippen LogP contribution in [0.1, 0.15) is 103 Å². The largest absolute Gasteiger partial charge is 0.444 e. The lowest BCUT2D eigenvalue weighted by Gasteiger charge is -2.34. The topological polar surface area (TPSA) is 139 Å². The fraction of sp³-hybridized carbons (Fsp3) is 0.559. The van der Waals surface area contributed by atoms with E-state index in [4.69, 9.17) is 14.5 Å². The Morgan fingerprint density at radius 1 is 0.978 bits per heavy atom. The molecular formula is C34H44N6O6. The van der Waals surface area contributed by atoms with Crippen molar-refractivity contribution in [2.75, 3.05) is 18.4 Å². The summed E-state index contributed by atoms with van der Waals surface area (Å²) in [4.78, 5) is 64.2. The predicted octanol–water partition coefficient (Wildman–Crippen LogP) is 6.16. The van der Waals surface area contributed by atoms with E-state index < -0.39 is 29.2 Å². The van der Waals surface area contributed by atoms with Crippen LogP contribution >= 0.6 is 0 Å². The molecule has 0 radical (unpaired) electrons. The zero-order valence-corrected chi connectivity index (χ0v) is 27.9. The maximum absolute atomic E-state index is 14.1. The number of carbonyl (C=O) groups excluding carboxylic acids is 3. The zero-order chi connectivity index (χ0) is 33.3. The zero-order valence-electron chi connectivity index (χ0n) is 27.9. The summed E-state index contributed by atoms with van der Waals surface area (Å²) in [6.45, 7) is 15.8. The van der Waals surface area contributed by atoms with Gasteiger partial charge in [-0.3, -0.25) is 14.2 Å². The Morgan fingerprint density at radius 2 is 1.61 bits per heavy atom. The number of amides is 3. The molecule has 1 aliphatic carbocycles. The number of nitrogens with one attached hydrogen (secondary N) is 2. The third-order valence-electron chi connectivity index (χ3n) is 8.88. The Kier molecular flexibility index (Phi) is 7.48. The molecule has 46 heavy (non-hydrogen) atoms. The van der Waals surface area contributed by atoms with E-state index >= 15 is 0 Å². The molecule has 2 fully saturated rings. The van der Waals surface area contributed by atoms with Crippen molar-refractivity contribution in [3.8, 4) is 11.3 Å². The van der Waals surface area contributed by atoms with Crippen molar-refractivity contribution in [2.45, 2.75) is 110 Å². The van der Waals surface area contributed by atoms with Gasteiger partial charge < -0.3 is 24.7 Å². The lowest BCUT2D eigenvalue weighted by atomic mass is 10.1. The summed E-state index contributed by atoms with van der Waals surface area (Å²) >= 11 is 0. The summed E-state index contributed by atoms with van der Waals surface area (Å²) in [5.74, 6) is 0.0665. The first-order valence-corrected chi connectivity index (χ1v) is 16.1. The van der Waals surface area contributed by atoms with E-state index in [0.29, 0.717) is 65.3 Å². The number of para-hydroxylation sites is 1. The Labute approximate surface area is 268 Å². The molecule has 12 nitrogen and oxygen atoms in total. The molecule has 1 aromatic carbocycles. The van der Waals surface area contributed by atoms with Crippen molar-refractivity contribution >= 4 is 34.9 Å². The van der Waals surface area contributed by atoms with E-state index in [1.54, 1.807) is 49.3 Å². The van der Waals surface area contributed by atoms with Gasteiger partial charge in [-0.05, 0) is 93.2 Å². The number of rotatable bonds is 4. The summed E-state index contributed by atoms with van der Waals surface area (Å²) in [6, 6.07) is 6.67. The van der Waals surface area contributed by atoms with Crippen LogP contribution in [0.2, 0.25) is 0 Å². The molecule has 0 spiro atoms. The number of nitrogens with zero attached hydrogens (tertiary/aromatic N) is 4. The molecule has 6 rings (SSSR count). The molecule has 1 saturated heterocycles. The number of hydrogen-bond acceptors (Lipinski definition) is 8. The van der Waals surface area contributed by atoms with E-state index in [0.717, 1.165) is 17.7 Å². The monoisotopic (exact) mass is 632 g/mol. The van der Waals surface area contributed by atoms with Gasteiger partial charge in [0.15, 0.2) is 0 Å². The highest BCUT2D eigenvalue weighted by molar-refractivity contribution is 6.08. The maximum atomic E-state index is 14.1. The van der Waals surface area contributed by atoms with Gasteiger partial charge in [0, 0.05) is 35.9 Å². The number of likely N-dealkylation sites (tertiary alicyclic amines) is 1. The number of ether oxygens (including phenoxy) is 2. The van der Waals surface area contributed by atoms with E-state index in [2.05, 4.69) is 17.2 Å². The van der Waals surface area contributed by atoms with Crippen LogP contribution in [0.4, 0.5) is 15.5 Å². The van der Waals surface area contributed by atoms with Crippen LogP contribution in [-0.2, 0) is 15.0 Å². The highest BCUT2D eigenvalue weighted by Gasteiger charge is 2.44. The second-order valence-electron chi connectivity index (χ2n) is 15.0. The fourth-order valence-electron chi connectivity index (χ4n) is 6.25. The molecule has 3 amide bonds. The summed E-state index contributed by atoms with van der Waals surface area (Å²) in [5, 5.41) is 4.04. The molecule has 2 aromatic heterocycles. The average molecular weight is 633 g/mol. The van der Waals surface area contributed by atoms with Crippen LogP contribution < -0.4 is 10.9 Å². The van der Waals surface area contributed by atoms with Gasteiger partial charge in [-0.25, -0.2) is 19.5 Å². The minimum absolute atomic E-state index is 0.00963. The van der Waals surface area contributed by atoms with Gasteiger partial charge in [-0.1, -0.05) is 12.1 Å². The van der Waals surface area contributed by atoms with Crippen LogP contribution in [0.3, 0.4) is 0 Å². The molecule has 4 heterocycles. The molecule has 0 unspecified atom stereocenters. The predicted molar refractivity (Wildman–Crippen MR) is 174 cm³/mol. The Morgan fingerprint density at radius 3 is 2.20 bits per heavy atom. The summed E-state index contributed by atoms with van der Waals surface area (Å²) in [5.41, 5.74) is 1.09. The van der Waals surface area contributed by atoms with Crippen molar-refractivity contribution in [3.05, 3.63) is 45.9 Å². The van der Waals surface area contributed by atoms with Gasteiger partial charge in [0.2, 0.25) is 5.95 Å². The first-order chi connectivity index (χ1) is 21.5. The van der Waals surface area contributed by atoms with Crippen LogP contribution in [0.25, 0.3) is 22.2 Å². The van der Waals surface area contributed by atoms with Gasteiger partial charge in [0.1, 0.15) is 11.2 Å². The number of aromatic nitrogens is 3. The number of hydrogen-bond donors (Lipinski definition) is 2. The van der Waals surface area contributed by atoms with Crippen LogP contribution in [0, 0.1) is 0 Å². The third-order valence-corrected chi connectivity index (χ3v) is 8.88. The molecule has 3 aromatic rings. The van der Waals surface area contributed by atoms with Crippen molar-refractivity contribution in [3.63, 3.8) is 0 Å². The first kappa shape index (κ1) is 31.6. The number of benzene rings is 1. The van der Waals surface area contributed by atoms with Gasteiger partial charge in [0.05, 0.1) is 28.2 Å². The highest BCUT2D eigenvalue weighted by Crippen LogP contribution is 2.44. The minimum atomic E-state index is -0.738. The van der Waals surface area contributed by atoms with E-state index in [1.807, 2.05) is 32.9 Å². The lowest BCUT2D eigenvalue weighted by Crippen LogP contribution is -2.45. The molecule has 2 N–H and O–H groups in total. The SMILES string of the molecule is C[C@@H]1c2[nH]c(-c3cccc4c(=O)n(C5(C)CC5)c(NC5CCN(C(=O)OC(C)(C)C)CC5)nc34)cc2C(=O)N1C(=O)OC(C)(C)C. The van der Waals surface area contributed by atoms with E-state index in [1.165, 1.54) is 0 Å². The minimum Gasteiger partial charge on any atom is -0.444 e. The summed E-state index contributed by atoms with van der Waals surface area (Å²) < 4.78 is 12.8. The van der Waals surface area contributed by atoms with Crippen LogP contribution in [0.15, 0.2) is 29.1 Å². The number of fused-ring (bicyclic) bond motifs is 2. The van der Waals surface area contributed by atoms with Gasteiger partial charge in [-0.15, -0.1) is 0 Å². The third kappa shape index (κ3) is 5.85.